The summed E-state index contributed by atoms with van der Waals surface area (Å²) in [6, 6.07) is 7.20. The molecule has 0 saturated heterocycles. The van der Waals surface area contributed by atoms with Gasteiger partial charge in [0, 0.05) is 23.0 Å². The SMILES string of the molecule is N[C@H](C(=O)O)[C@@H](c1c[nH]c2ccccc12)C1CCCCC1. The molecule has 21 heavy (non-hydrogen) atoms. The highest BCUT2D eigenvalue weighted by molar-refractivity contribution is 5.85. The Morgan fingerprint density at radius 1 is 1.24 bits per heavy atom. The summed E-state index contributed by atoms with van der Waals surface area (Å²) in [5, 5.41) is 10.5. The molecule has 0 radical (unpaired) electrons. The van der Waals surface area contributed by atoms with Crippen LogP contribution in [0, 0.1) is 5.92 Å². The summed E-state index contributed by atoms with van der Waals surface area (Å²) in [5.74, 6) is -0.654. The molecule has 0 amide bonds. The first-order valence-corrected chi connectivity index (χ1v) is 7.73. The number of aromatic amines is 1. The number of hydrogen-bond acceptors (Lipinski definition) is 2. The summed E-state index contributed by atoms with van der Waals surface area (Å²) in [4.78, 5) is 14.7. The van der Waals surface area contributed by atoms with Gasteiger partial charge >= 0.3 is 5.97 Å². The molecule has 1 heterocycles. The molecule has 112 valence electrons. The van der Waals surface area contributed by atoms with Gasteiger partial charge in [-0.05, 0) is 30.4 Å². The molecule has 1 saturated carbocycles. The van der Waals surface area contributed by atoms with Crippen molar-refractivity contribution in [2.24, 2.45) is 11.7 Å². The van der Waals surface area contributed by atoms with Crippen LogP contribution in [0.15, 0.2) is 30.5 Å². The Hall–Kier alpha value is -1.81. The Kier molecular flexibility index (Phi) is 3.97. The van der Waals surface area contributed by atoms with E-state index in [0.717, 1.165) is 29.3 Å². The summed E-state index contributed by atoms with van der Waals surface area (Å²) in [6.45, 7) is 0. The molecule has 0 spiro atoms. The summed E-state index contributed by atoms with van der Waals surface area (Å²) in [6.07, 6.45) is 7.70. The minimum atomic E-state index is -0.907. The zero-order valence-electron chi connectivity index (χ0n) is 12.1. The van der Waals surface area contributed by atoms with Crippen LogP contribution < -0.4 is 5.73 Å². The second kappa shape index (κ2) is 5.90. The van der Waals surface area contributed by atoms with Crippen LogP contribution in [0.25, 0.3) is 10.9 Å². The lowest BCUT2D eigenvalue weighted by Crippen LogP contribution is -2.40. The highest BCUT2D eigenvalue weighted by Crippen LogP contribution is 2.40. The molecular formula is C17H22N2O2. The van der Waals surface area contributed by atoms with Gasteiger partial charge < -0.3 is 15.8 Å². The van der Waals surface area contributed by atoms with Crippen molar-refractivity contribution in [3.05, 3.63) is 36.0 Å². The van der Waals surface area contributed by atoms with Crippen LogP contribution in [0.5, 0.6) is 0 Å². The van der Waals surface area contributed by atoms with Crippen molar-refractivity contribution >= 4 is 16.9 Å². The Morgan fingerprint density at radius 2 is 1.95 bits per heavy atom. The normalized spacial score (nSPS) is 19.5. The minimum absolute atomic E-state index is 0.112. The number of nitrogens with two attached hydrogens (primary N) is 1. The minimum Gasteiger partial charge on any atom is -0.480 e. The predicted octanol–water partition coefficient (Wildman–Crippen LogP) is 3.24. The third kappa shape index (κ3) is 2.68. The topological polar surface area (TPSA) is 79.1 Å². The lowest BCUT2D eigenvalue weighted by atomic mass is 9.73. The first-order valence-electron chi connectivity index (χ1n) is 7.73. The van der Waals surface area contributed by atoms with Crippen LogP contribution in [0.4, 0.5) is 0 Å². The van der Waals surface area contributed by atoms with Crippen molar-refractivity contribution < 1.29 is 9.90 Å². The number of fused-ring (bicyclic) bond motifs is 1. The van der Waals surface area contributed by atoms with Crippen molar-refractivity contribution in [2.75, 3.05) is 0 Å². The van der Waals surface area contributed by atoms with E-state index in [-0.39, 0.29) is 5.92 Å². The lowest BCUT2D eigenvalue weighted by molar-refractivity contribution is -0.139. The van der Waals surface area contributed by atoms with E-state index in [9.17, 15) is 9.90 Å². The van der Waals surface area contributed by atoms with Gasteiger partial charge in [-0.2, -0.15) is 0 Å². The van der Waals surface area contributed by atoms with Crippen molar-refractivity contribution in [3.8, 4) is 0 Å². The van der Waals surface area contributed by atoms with Gasteiger partial charge in [0.2, 0.25) is 0 Å². The quantitative estimate of drug-likeness (QED) is 0.807. The van der Waals surface area contributed by atoms with Gasteiger partial charge in [0.15, 0.2) is 0 Å². The van der Waals surface area contributed by atoms with Gasteiger partial charge in [-0.15, -0.1) is 0 Å². The van der Waals surface area contributed by atoms with E-state index >= 15 is 0 Å². The number of aromatic nitrogens is 1. The van der Waals surface area contributed by atoms with E-state index in [0.29, 0.717) is 5.92 Å². The molecular weight excluding hydrogens is 264 g/mol. The summed E-state index contributed by atoms with van der Waals surface area (Å²) in [7, 11) is 0. The standard InChI is InChI=1S/C17H22N2O2/c18-16(17(20)21)15(11-6-2-1-3-7-11)13-10-19-14-9-5-4-8-12(13)14/h4-5,8-11,15-16,19H,1-3,6-7,18H2,(H,20,21)/t15-,16+/m1/s1. The highest BCUT2D eigenvalue weighted by atomic mass is 16.4. The number of nitrogens with one attached hydrogen (secondary N) is 1. The van der Waals surface area contributed by atoms with Gasteiger partial charge in [0.1, 0.15) is 6.04 Å². The second-order valence-electron chi connectivity index (χ2n) is 6.08. The van der Waals surface area contributed by atoms with E-state index < -0.39 is 12.0 Å². The number of carboxylic acids is 1. The fourth-order valence-corrected chi connectivity index (χ4v) is 3.76. The molecule has 1 aliphatic rings. The molecule has 4 heteroatoms. The van der Waals surface area contributed by atoms with Gasteiger partial charge in [-0.3, -0.25) is 4.79 Å². The van der Waals surface area contributed by atoms with Crippen LogP contribution >= 0.6 is 0 Å². The monoisotopic (exact) mass is 286 g/mol. The van der Waals surface area contributed by atoms with E-state index in [1.54, 1.807) is 0 Å². The van der Waals surface area contributed by atoms with Gasteiger partial charge in [0.05, 0.1) is 0 Å². The highest BCUT2D eigenvalue weighted by Gasteiger charge is 2.35. The molecule has 2 aromatic rings. The van der Waals surface area contributed by atoms with Crippen LogP contribution in [-0.4, -0.2) is 22.1 Å². The van der Waals surface area contributed by atoms with E-state index in [2.05, 4.69) is 4.98 Å². The number of para-hydroxylation sites is 1. The van der Waals surface area contributed by atoms with E-state index in [1.807, 2.05) is 30.5 Å². The van der Waals surface area contributed by atoms with Crippen LogP contribution in [0.1, 0.15) is 43.6 Å². The molecule has 0 unspecified atom stereocenters. The molecule has 2 atom stereocenters. The molecule has 0 bridgehead atoms. The molecule has 3 rings (SSSR count). The molecule has 4 N–H and O–H groups in total. The van der Waals surface area contributed by atoms with E-state index in [1.165, 1.54) is 19.3 Å². The maximum absolute atomic E-state index is 11.5. The zero-order chi connectivity index (χ0) is 14.8. The Morgan fingerprint density at radius 3 is 2.67 bits per heavy atom. The molecule has 1 fully saturated rings. The van der Waals surface area contributed by atoms with E-state index in [4.69, 9.17) is 5.73 Å². The Labute approximate surface area is 124 Å². The number of carbonyl (C=O) groups is 1. The van der Waals surface area contributed by atoms with Crippen LogP contribution in [-0.2, 0) is 4.79 Å². The maximum atomic E-state index is 11.5. The average molecular weight is 286 g/mol. The van der Waals surface area contributed by atoms with Crippen molar-refractivity contribution in [1.29, 1.82) is 0 Å². The summed E-state index contributed by atoms with van der Waals surface area (Å²) >= 11 is 0. The molecule has 4 nitrogen and oxygen atoms in total. The Balaban J connectivity index is 2.03. The number of hydrogen-bond donors (Lipinski definition) is 3. The van der Waals surface area contributed by atoms with Gasteiger partial charge in [0.25, 0.3) is 0 Å². The number of aliphatic carboxylic acids is 1. The fraction of sp³-hybridized carbons (Fsp3) is 0.471. The van der Waals surface area contributed by atoms with Crippen LogP contribution in [0.3, 0.4) is 0 Å². The number of benzene rings is 1. The summed E-state index contributed by atoms with van der Waals surface area (Å²) in [5.41, 5.74) is 8.17. The fourth-order valence-electron chi connectivity index (χ4n) is 3.76. The first kappa shape index (κ1) is 14.1. The van der Waals surface area contributed by atoms with Crippen molar-refractivity contribution in [3.63, 3.8) is 0 Å². The smallest absolute Gasteiger partial charge is 0.321 e. The number of rotatable bonds is 4. The lowest BCUT2D eigenvalue weighted by Gasteiger charge is -2.32. The zero-order valence-corrected chi connectivity index (χ0v) is 12.1. The predicted molar refractivity (Wildman–Crippen MR) is 83.2 cm³/mol. The van der Waals surface area contributed by atoms with Crippen LogP contribution in [0.2, 0.25) is 0 Å². The molecule has 1 aromatic heterocycles. The average Bonchev–Trinajstić information content (AvgIpc) is 2.93. The maximum Gasteiger partial charge on any atom is 0.321 e. The Bertz CT molecular complexity index is 629. The van der Waals surface area contributed by atoms with Gasteiger partial charge in [-0.1, -0.05) is 37.5 Å². The van der Waals surface area contributed by atoms with Gasteiger partial charge in [-0.25, -0.2) is 0 Å². The largest absolute Gasteiger partial charge is 0.480 e. The number of carboxylic acid groups (broad SMARTS) is 1. The second-order valence-corrected chi connectivity index (χ2v) is 6.08. The molecule has 1 aliphatic carbocycles. The number of H-pyrrole nitrogens is 1. The summed E-state index contributed by atoms with van der Waals surface area (Å²) < 4.78 is 0. The first-order chi connectivity index (χ1) is 10.2. The third-order valence-electron chi connectivity index (χ3n) is 4.81. The van der Waals surface area contributed by atoms with Crippen molar-refractivity contribution in [1.82, 2.24) is 4.98 Å². The molecule has 1 aromatic carbocycles. The van der Waals surface area contributed by atoms with Crippen molar-refractivity contribution in [2.45, 2.75) is 44.1 Å². The third-order valence-corrected chi connectivity index (χ3v) is 4.81. The molecule has 0 aliphatic heterocycles.